The highest BCUT2D eigenvalue weighted by Gasteiger charge is 2.13. The van der Waals surface area contributed by atoms with Gasteiger partial charge in [-0.15, -0.1) is 0 Å². The fraction of sp³-hybridized carbons (Fsp3) is 0.316. The molecule has 0 fully saturated rings. The Morgan fingerprint density at radius 2 is 1.79 bits per heavy atom. The summed E-state index contributed by atoms with van der Waals surface area (Å²) >= 11 is 5.80. The Morgan fingerprint density at radius 3 is 2.46 bits per heavy atom. The van der Waals surface area contributed by atoms with E-state index < -0.39 is 0 Å². The van der Waals surface area contributed by atoms with Crippen LogP contribution >= 0.6 is 11.6 Å². The van der Waals surface area contributed by atoms with Gasteiger partial charge in [0.15, 0.2) is 6.61 Å². The van der Waals surface area contributed by atoms with Crippen LogP contribution < -0.4 is 4.74 Å². The molecule has 1 unspecified atom stereocenters. The molecular formula is C19H22ClNO3. The number of benzene rings is 2. The Balaban J connectivity index is 1.70. The lowest BCUT2D eigenvalue weighted by atomic mass is 10.2. The molecule has 2 rings (SSSR count). The second-order valence-corrected chi connectivity index (χ2v) is 6.16. The van der Waals surface area contributed by atoms with Crippen LogP contribution in [0.4, 0.5) is 0 Å². The third kappa shape index (κ3) is 6.60. The van der Waals surface area contributed by atoms with Crippen molar-refractivity contribution in [3.63, 3.8) is 0 Å². The predicted molar refractivity (Wildman–Crippen MR) is 95.3 cm³/mol. The number of halogens is 1. The molecule has 0 amide bonds. The number of nitrogens with zero attached hydrogens (tertiary/aromatic N) is 1. The zero-order valence-corrected chi connectivity index (χ0v) is 14.7. The van der Waals surface area contributed by atoms with Gasteiger partial charge >= 0.3 is 5.97 Å². The van der Waals surface area contributed by atoms with E-state index in [0.717, 1.165) is 6.54 Å². The lowest BCUT2D eigenvalue weighted by Crippen LogP contribution is -2.31. The number of rotatable bonds is 8. The molecule has 0 radical (unpaired) electrons. The van der Waals surface area contributed by atoms with E-state index in [4.69, 9.17) is 21.1 Å². The molecule has 0 saturated carbocycles. The van der Waals surface area contributed by atoms with Crippen LogP contribution in [0.3, 0.4) is 0 Å². The zero-order chi connectivity index (χ0) is 17.4. The van der Waals surface area contributed by atoms with Gasteiger partial charge in [-0.25, -0.2) is 4.79 Å². The molecule has 1 atom stereocenters. The van der Waals surface area contributed by atoms with E-state index in [-0.39, 0.29) is 18.7 Å². The molecule has 0 aromatic heterocycles. The standard InChI is InChI=1S/C19H22ClNO3/c1-15(12-21(2)13-16-6-4-3-5-7-16)24-19(22)14-23-18-10-8-17(20)9-11-18/h3-11,15H,12-14H2,1-2H3. The van der Waals surface area contributed by atoms with E-state index >= 15 is 0 Å². The molecule has 0 spiro atoms. The average molecular weight is 348 g/mol. The molecular weight excluding hydrogens is 326 g/mol. The van der Waals surface area contributed by atoms with E-state index in [1.807, 2.05) is 32.2 Å². The molecule has 0 bridgehead atoms. The molecule has 2 aromatic rings. The lowest BCUT2D eigenvalue weighted by molar-refractivity contribution is -0.151. The molecule has 2 aromatic carbocycles. The van der Waals surface area contributed by atoms with Crippen LogP contribution in [0.2, 0.25) is 5.02 Å². The minimum Gasteiger partial charge on any atom is -0.482 e. The SMILES string of the molecule is CC(CN(C)Cc1ccccc1)OC(=O)COc1ccc(Cl)cc1. The number of esters is 1. The maximum atomic E-state index is 11.8. The van der Waals surface area contributed by atoms with E-state index in [1.54, 1.807) is 24.3 Å². The predicted octanol–water partition coefficient (Wildman–Crippen LogP) is 3.78. The maximum Gasteiger partial charge on any atom is 0.344 e. The maximum absolute atomic E-state index is 11.8. The van der Waals surface area contributed by atoms with Crippen LogP contribution in [0.15, 0.2) is 54.6 Å². The lowest BCUT2D eigenvalue weighted by Gasteiger charge is -2.21. The van der Waals surface area contributed by atoms with Crippen LogP contribution in [0.1, 0.15) is 12.5 Å². The van der Waals surface area contributed by atoms with Crippen LogP contribution in [0.5, 0.6) is 5.75 Å². The molecule has 5 heteroatoms. The first-order valence-corrected chi connectivity index (χ1v) is 8.21. The third-order valence-corrected chi connectivity index (χ3v) is 3.62. The second-order valence-electron chi connectivity index (χ2n) is 5.73. The van der Waals surface area contributed by atoms with Gasteiger partial charge in [0, 0.05) is 18.1 Å². The Morgan fingerprint density at radius 1 is 1.12 bits per heavy atom. The van der Waals surface area contributed by atoms with Gasteiger partial charge in [0.05, 0.1) is 0 Å². The first-order valence-electron chi connectivity index (χ1n) is 7.83. The first-order chi connectivity index (χ1) is 11.5. The summed E-state index contributed by atoms with van der Waals surface area (Å²) in [5.74, 6) is 0.204. The fourth-order valence-electron chi connectivity index (χ4n) is 2.37. The van der Waals surface area contributed by atoms with Gasteiger partial charge in [0.1, 0.15) is 11.9 Å². The van der Waals surface area contributed by atoms with Crippen molar-refractivity contribution < 1.29 is 14.3 Å². The van der Waals surface area contributed by atoms with Crippen molar-refractivity contribution in [3.8, 4) is 5.75 Å². The quantitative estimate of drug-likeness (QED) is 0.681. The van der Waals surface area contributed by atoms with Gasteiger partial charge in [0.25, 0.3) is 0 Å². The summed E-state index contributed by atoms with van der Waals surface area (Å²) in [6.07, 6.45) is -0.208. The normalized spacial score (nSPS) is 12.0. The Kier molecular flexibility index (Phi) is 7.09. The Hall–Kier alpha value is -2.04. The Bertz CT molecular complexity index is 631. The molecule has 0 aliphatic heterocycles. The van der Waals surface area contributed by atoms with Gasteiger partial charge in [-0.3, -0.25) is 4.90 Å². The minimum atomic E-state index is -0.384. The molecule has 24 heavy (non-hydrogen) atoms. The largest absolute Gasteiger partial charge is 0.482 e. The van der Waals surface area contributed by atoms with Crippen LogP contribution in [0.25, 0.3) is 0 Å². The van der Waals surface area contributed by atoms with Gasteiger partial charge in [-0.05, 0) is 43.8 Å². The van der Waals surface area contributed by atoms with Gasteiger partial charge in [0.2, 0.25) is 0 Å². The van der Waals surface area contributed by atoms with E-state index in [2.05, 4.69) is 17.0 Å². The average Bonchev–Trinajstić information content (AvgIpc) is 2.55. The number of carbonyl (C=O) groups excluding carboxylic acids is 1. The second kappa shape index (κ2) is 9.30. The molecule has 0 aliphatic carbocycles. The number of likely N-dealkylation sites (N-methyl/N-ethyl adjacent to an activating group) is 1. The highest BCUT2D eigenvalue weighted by atomic mass is 35.5. The van der Waals surface area contributed by atoms with Crippen LogP contribution in [-0.2, 0) is 16.1 Å². The summed E-state index contributed by atoms with van der Waals surface area (Å²) < 4.78 is 10.8. The smallest absolute Gasteiger partial charge is 0.344 e. The number of ether oxygens (including phenoxy) is 2. The molecule has 0 saturated heterocycles. The zero-order valence-electron chi connectivity index (χ0n) is 13.9. The monoisotopic (exact) mass is 347 g/mol. The third-order valence-electron chi connectivity index (χ3n) is 3.37. The topological polar surface area (TPSA) is 38.8 Å². The molecule has 128 valence electrons. The van der Waals surface area contributed by atoms with Crippen molar-refractivity contribution in [3.05, 3.63) is 65.2 Å². The summed E-state index contributed by atoms with van der Waals surface area (Å²) in [7, 11) is 2.00. The van der Waals surface area contributed by atoms with Gasteiger partial charge < -0.3 is 9.47 Å². The summed E-state index contributed by atoms with van der Waals surface area (Å²) in [6.45, 7) is 3.22. The summed E-state index contributed by atoms with van der Waals surface area (Å²) in [5, 5.41) is 0.625. The number of hydrogen-bond acceptors (Lipinski definition) is 4. The Labute approximate surface area is 147 Å². The summed E-state index contributed by atoms with van der Waals surface area (Å²) in [6, 6.07) is 17.0. The van der Waals surface area contributed by atoms with E-state index in [1.165, 1.54) is 5.56 Å². The van der Waals surface area contributed by atoms with Crippen molar-refractivity contribution >= 4 is 17.6 Å². The number of hydrogen-bond donors (Lipinski definition) is 0. The van der Waals surface area contributed by atoms with Gasteiger partial charge in [-0.2, -0.15) is 0 Å². The van der Waals surface area contributed by atoms with Gasteiger partial charge in [-0.1, -0.05) is 41.9 Å². The molecule has 0 aliphatic rings. The summed E-state index contributed by atoms with van der Waals surface area (Å²) in [5.41, 5.74) is 1.23. The highest BCUT2D eigenvalue weighted by molar-refractivity contribution is 6.30. The molecule has 0 N–H and O–H groups in total. The highest BCUT2D eigenvalue weighted by Crippen LogP contribution is 2.15. The fourth-order valence-corrected chi connectivity index (χ4v) is 2.49. The summed E-state index contributed by atoms with van der Waals surface area (Å²) in [4.78, 5) is 14.0. The van der Waals surface area contributed by atoms with Crippen molar-refractivity contribution in [2.45, 2.75) is 19.6 Å². The number of carbonyl (C=O) groups is 1. The minimum absolute atomic E-state index is 0.117. The van der Waals surface area contributed by atoms with Crippen molar-refractivity contribution in [2.24, 2.45) is 0 Å². The van der Waals surface area contributed by atoms with Crippen LogP contribution in [-0.4, -0.2) is 37.2 Å². The van der Waals surface area contributed by atoms with Crippen molar-refractivity contribution in [2.75, 3.05) is 20.2 Å². The van der Waals surface area contributed by atoms with Crippen molar-refractivity contribution in [1.29, 1.82) is 0 Å². The van der Waals surface area contributed by atoms with Crippen molar-refractivity contribution in [1.82, 2.24) is 4.90 Å². The van der Waals surface area contributed by atoms with Crippen LogP contribution in [0, 0.1) is 0 Å². The van der Waals surface area contributed by atoms with E-state index in [0.29, 0.717) is 17.3 Å². The molecule has 4 nitrogen and oxygen atoms in total. The van der Waals surface area contributed by atoms with E-state index in [9.17, 15) is 4.79 Å². The first kappa shape index (κ1) is 18.3. The molecule has 0 heterocycles.